The topological polar surface area (TPSA) is 80.4 Å². The third kappa shape index (κ3) is 3.63. The van der Waals surface area contributed by atoms with E-state index >= 15 is 4.39 Å². The first kappa shape index (κ1) is 23.3. The highest BCUT2D eigenvalue weighted by Gasteiger charge is 2.64. The fourth-order valence-electron chi connectivity index (χ4n) is 3.57. The first-order chi connectivity index (χ1) is 17.2. The summed E-state index contributed by atoms with van der Waals surface area (Å²) in [4.78, 5) is 13.0. The van der Waals surface area contributed by atoms with Crippen molar-refractivity contribution in [2.24, 2.45) is 0 Å². The van der Waals surface area contributed by atoms with Crippen molar-refractivity contribution in [2.75, 3.05) is 13.8 Å². The smallest absolute Gasteiger partial charge is 0.474 e. The molecule has 0 saturated carbocycles. The standard InChI is InChI=1S/C23H15F5N4O4/c1-34-19-11-31(16-10-18-17(9-14(16)25)35-22(26,12-24)23(27,28)36-18)30-20(21(19)33)15-7-8-29-32(15)13-5-3-2-4-6-13/h2-11H,12H2,1H3. The molecule has 186 valence electrons. The summed E-state index contributed by atoms with van der Waals surface area (Å²) in [6.07, 6.45) is -2.25. The first-order valence-electron chi connectivity index (χ1n) is 10.3. The Bertz CT molecular complexity index is 1510. The Morgan fingerprint density at radius 1 is 1.06 bits per heavy atom. The monoisotopic (exact) mass is 506 g/mol. The Balaban J connectivity index is 1.66. The Morgan fingerprint density at radius 2 is 1.78 bits per heavy atom. The molecule has 1 unspecified atom stereocenters. The number of alkyl halides is 4. The van der Waals surface area contributed by atoms with Gasteiger partial charge in [0.2, 0.25) is 0 Å². The molecule has 0 N–H and O–H groups in total. The molecule has 3 heterocycles. The highest BCUT2D eigenvalue weighted by atomic mass is 19.3. The van der Waals surface area contributed by atoms with Crippen LogP contribution in [0, 0.1) is 5.82 Å². The second kappa shape index (κ2) is 8.36. The van der Waals surface area contributed by atoms with Crippen molar-refractivity contribution in [2.45, 2.75) is 12.0 Å². The van der Waals surface area contributed by atoms with Crippen LogP contribution in [0.3, 0.4) is 0 Å². The molecule has 13 heteroatoms. The zero-order valence-corrected chi connectivity index (χ0v) is 18.3. The van der Waals surface area contributed by atoms with Crippen LogP contribution in [0.2, 0.25) is 0 Å². The van der Waals surface area contributed by atoms with Crippen molar-refractivity contribution in [3.63, 3.8) is 0 Å². The molecule has 0 amide bonds. The molecular formula is C23H15F5N4O4. The number of rotatable bonds is 5. The van der Waals surface area contributed by atoms with Crippen LogP contribution in [0.1, 0.15) is 0 Å². The molecule has 0 bridgehead atoms. The lowest BCUT2D eigenvalue weighted by Crippen LogP contribution is -2.56. The maximum Gasteiger partial charge on any atom is 0.474 e. The predicted octanol–water partition coefficient (Wildman–Crippen LogP) is 4.23. The van der Waals surface area contributed by atoms with E-state index in [1.54, 1.807) is 30.3 Å². The molecule has 2 aromatic heterocycles. The summed E-state index contributed by atoms with van der Waals surface area (Å²) in [6, 6.07) is 11.6. The lowest BCUT2D eigenvalue weighted by atomic mass is 10.2. The second-order valence-electron chi connectivity index (χ2n) is 7.62. The maximum absolute atomic E-state index is 15.0. The van der Waals surface area contributed by atoms with Crippen LogP contribution in [0.4, 0.5) is 22.0 Å². The highest BCUT2D eigenvalue weighted by molar-refractivity contribution is 5.60. The maximum atomic E-state index is 15.0. The minimum atomic E-state index is -4.70. The molecule has 5 rings (SSSR count). The van der Waals surface area contributed by atoms with Gasteiger partial charge in [-0.3, -0.25) is 4.79 Å². The average molecular weight is 506 g/mol. The molecule has 0 saturated heterocycles. The van der Waals surface area contributed by atoms with Gasteiger partial charge in [0.25, 0.3) is 5.43 Å². The van der Waals surface area contributed by atoms with Crippen molar-refractivity contribution in [3.8, 4) is 40.0 Å². The van der Waals surface area contributed by atoms with Gasteiger partial charge in [-0.05, 0) is 18.2 Å². The van der Waals surface area contributed by atoms with E-state index in [0.717, 1.165) is 16.9 Å². The molecular weight excluding hydrogens is 491 g/mol. The zero-order chi connectivity index (χ0) is 25.7. The number of para-hydroxylation sites is 1. The number of benzene rings is 2. The van der Waals surface area contributed by atoms with Gasteiger partial charge < -0.3 is 14.2 Å². The summed E-state index contributed by atoms with van der Waals surface area (Å²) in [7, 11) is 1.21. The molecule has 0 aliphatic carbocycles. The van der Waals surface area contributed by atoms with Gasteiger partial charge in [0, 0.05) is 12.1 Å². The summed E-state index contributed by atoms with van der Waals surface area (Å²) in [5.74, 6) is -7.05. The molecule has 36 heavy (non-hydrogen) atoms. The van der Waals surface area contributed by atoms with Gasteiger partial charge in [0.1, 0.15) is 5.69 Å². The van der Waals surface area contributed by atoms with Gasteiger partial charge in [-0.1, -0.05) is 18.2 Å². The number of ether oxygens (including phenoxy) is 3. The number of halogens is 5. The Morgan fingerprint density at radius 3 is 2.47 bits per heavy atom. The van der Waals surface area contributed by atoms with Crippen LogP contribution in [0.15, 0.2) is 65.7 Å². The van der Waals surface area contributed by atoms with Gasteiger partial charge in [-0.2, -0.15) is 23.4 Å². The SMILES string of the molecule is COc1cn(-c2cc3c(cc2F)OC(F)(CF)C(F)(F)O3)nc(-c2ccnn2-c2ccccc2)c1=O. The second-order valence-corrected chi connectivity index (χ2v) is 7.62. The largest absolute Gasteiger partial charge is 0.491 e. The Labute approximate surface area is 199 Å². The minimum absolute atomic E-state index is 0.199. The Hall–Kier alpha value is -4.42. The van der Waals surface area contributed by atoms with Gasteiger partial charge in [0.05, 0.1) is 30.9 Å². The summed E-state index contributed by atoms with van der Waals surface area (Å²) >= 11 is 0. The van der Waals surface area contributed by atoms with E-state index < -0.39 is 47.1 Å². The zero-order valence-electron chi connectivity index (χ0n) is 18.3. The minimum Gasteiger partial charge on any atom is -0.491 e. The van der Waals surface area contributed by atoms with Crippen molar-refractivity contribution in [3.05, 3.63) is 77.0 Å². The predicted molar refractivity (Wildman–Crippen MR) is 115 cm³/mol. The summed E-state index contributed by atoms with van der Waals surface area (Å²) < 4.78 is 86.3. The summed E-state index contributed by atoms with van der Waals surface area (Å²) in [5, 5.41) is 8.38. The summed E-state index contributed by atoms with van der Waals surface area (Å²) in [5.41, 5.74) is -0.487. The van der Waals surface area contributed by atoms with Crippen LogP contribution in [0.25, 0.3) is 22.8 Å². The van der Waals surface area contributed by atoms with E-state index in [-0.39, 0.29) is 17.1 Å². The van der Waals surface area contributed by atoms with Crippen molar-refractivity contribution < 1.29 is 36.2 Å². The van der Waals surface area contributed by atoms with Crippen LogP contribution in [0.5, 0.6) is 17.2 Å². The van der Waals surface area contributed by atoms with E-state index in [4.69, 9.17) is 4.74 Å². The van der Waals surface area contributed by atoms with Gasteiger partial charge in [-0.15, -0.1) is 0 Å². The lowest BCUT2D eigenvalue weighted by Gasteiger charge is -2.36. The van der Waals surface area contributed by atoms with E-state index in [9.17, 15) is 22.4 Å². The van der Waals surface area contributed by atoms with E-state index in [2.05, 4.69) is 19.7 Å². The lowest BCUT2D eigenvalue weighted by molar-refractivity contribution is -0.343. The number of aromatic nitrogens is 4. The van der Waals surface area contributed by atoms with Gasteiger partial charge >= 0.3 is 12.0 Å². The van der Waals surface area contributed by atoms with Gasteiger partial charge in [-0.25, -0.2) is 18.1 Å². The molecule has 1 aliphatic heterocycles. The quantitative estimate of drug-likeness (QED) is 0.377. The molecule has 0 radical (unpaired) electrons. The number of nitrogens with zero attached hydrogens (tertiary/aromatic N) is 4. The first-order valence-corrected chi connectivity index (χ1v) is 10.3. The fourth-order valence-corrected chi connectivity index (χ4v) is 3.57. The molecule has 1 atom stereocenters. The third-order valence-corrected chi connectivity index (χ3v) is 5.37. The van der Waals surface area contributed by atoms with Gasteiger partial charge in [0.15, 0.2) is 35.4 Å². The van der Waals surface area contributed by atoms with Crippen LogP contribution >= 0.6 is 0 Å². The van der Waals surface area contributed by atoms with Crippen LogP contribution < -0.4 is 19.6 Å². The normalized spacial score (nSPS) is 18.2. The van der Waals surface area contributed by atoms with Crippen LogP contribution in [-0.4, -0.2) is 45.3 Å². The molecule has 4 aromatic rings. The molecule has 0 fully saturated rings. The molecule has 8 nitrogen and oxygen atoms in total. The Kier molecular flexibility index (Phi) is 5.42. The number of fused-ring (bicyclic) bond motifs is 1. The molecule has 2 aromatic carbocycles. The number of methoxy groups -OCH3 is 1. The fraction of sp³-hybridized carbons (Fsp3) is 0.174. The van der Waals surface area contributed by atoms with Crippen molar-refractivity contribution in [1.82, 2.24) is 19.6 Å². The average Bonchev–Trinajstić information content (AvgIpc) is 3.35. The summed E-state index contributed by atoms with van der Waals surface area (Å²) in [6.45, 7) is -2.24. The highest BCUT2D eigenvalue weighted by Crippen LogP contribution is 2.47. The van der Waals surface area contributed by atoms with E-state index in [1.807, 2.05) is 0 Å². The van der Waals surface area contributed by atoms with E-state index in [0.29, 0.717) is 11.8 Å². The molecule has 1 aliphatic rings. The number of hydrogen-bond acceptors (Lipinski definition) is 6. The molecule has 0 spiro atoms. The van der Waals surface area contributed by atoms with Crippen LogP contribution in [-0.2, 0) is 0 Å². The van der Waals surface area contributed by atoms with Crippen molar-refractivity contribution >= 4 is 0 Å². The number of hydrogen-bond donors (Lipinski definition) is 0. The van der Waals surface area contributed by atoms with E-state index in [1.165, 1.54) is 24.1 Å². The third-order valence-electron chi connectivity index (χ3n) is 5.37. The van der Waals surface area contributed by atoms with Crippen molar-refractivity contribution in [1.29, 1.82) is 0 Å².